The van der Waals surface area contributed by atoms with Crippen LogP contribution in [0.4, 0.5) is 5.69 Å². The van der Waals surface area contributed by atoms with Crippen LogP contribution in [0.25, 0.3) is 0 Å². The molecule has 0 aliphatic carbocycles. The van der Waals surface area contributed by atoms with Crippen molar-refractivity contribution in [2.45, 2.75) is 26.3 Å². The number of piperazine rings is 1. The number of anilines is 1. The lowest BCUT2D eigenvalue weighted by Crippen LogP contribution is -2.51. The van der Waals surface area contributed by atoms with Gasteiger partial charge in [-0.25, -0.2) is 0 Å². The molecule has 1 N–H and O–H groups in total. The van der Waals surface area contributed by atoms with Gasteiger partial charge in [-0.05, 0) is 31.0 Å². The lowest BCUT2D eigenvalue weighted by atomic mass is 10.1. The molecule has 2 nitrogen and oxygen atoms in total. The molecule has 0 aromatic heterocycles. The Morgan fingerprint density at radius 3 is 3.00 bits per heavy atom. The third kappa shape index (κ3) is 2.41. The van der Waals surface area contributed by atoms with Crippen molar-refractivity contribution in [3.63, 3.8) is 0 Å². The number of nitrogens with one attached hydrogen (secondary N) is 1. The van der Waals surface area contributed by atoms with E-state index >= 15 is 0 Å². The first-order valence-corrected chi connectivity index (χ1v) is 6.75. The minimum absolute atomic E-state index is 0.628. The fourth-order valence-electron chi connectivity index (χ4n) is 2.23. The van der Waals surface area contributed by atoms with Gasteiger partial charge in [0.25, 0.3) is 0 Å². The number of halogens is 1. The molecule has 3 heteroatoms. The summed E-state index contributed by atoms with van der Waals surface area (Å²) in [5.74, 6) is 0. The number of hydrogen-bond donors (Lipinski definition) is 1. The summed E-state index contributed by atoms with van der Waals surface area (Å²) < 4.78 is 1.21. The molecule has 1 heterocycles. The first-order valence-electron chi connectivity index (χ1n) is 5.96. The average molecular weight is 283 g/mol. The van der Waals surface area contributed by atoms with E-state index in [2.05, 4.69) is 58.2 Å². The summed E-state index contributed by atoms with van der Waals surface area (Å²) in [5, 5.41) is 3.46. The van der Waals surface area contributed by atoms with Gasteiger partial charge in [-0.3, -0.25) is 0 Å². The zero-order chi connectivity index (χ0) is 11.5. The fourth-order valence-corrected chi connectivity index (χ4v) is 2.59. The van der Waals surface area contributed by atoms with E-state index in [4.69, 9.17) is 0 Å². The normalized spacial score (nSPS) is 21.2. The molecule has 0 radical (unpaired) electrons. The highest BCUT2D eigenvalue weighted by molar-refractivity contribution is 9.10. The predicted octanol–water partition coefficient (Wildman–Crippen LogP) is 2.95. The molecule has 1 atom stereocenters. The second-order valence-electron chi connectivity index (χ2n) is 4.39. The fraction of sp³-hybridized carbons (Fsp3) is 0.538. The number of hydrogen-bond acceptors (Lipinski definition) is 2. The maximum Gasteiger partial charge on any atom is 0.0412 e. The molecule has 1 aliphatic rings. The number of aryl methyl sites for hydroxylation is 1. The van der Waals surface area contributed by atoms with Gasteiger partial charge in [-0.15, -0.1) is 0 Å². The van der Waals surface area contributed by atoms with Crippen LogP contribution in [0.15, 0.2) is 22.7 Å². The standard InChI is InChI=1S/C13H19BrN2/c1-3-11-9-15-6-7-16(11)12-5-4-10(2)13(14)8-12/h4-5,8,11,15H,3,6-7,9H2,1-2H3. The van der Waals surface area contributed by atoms with Gasteiger partial charge in [0, 0.05) is 35.8 Å². The van der Waals surface area contributed by atoms with Gasteiger partial charge in [-0.1, -0.05) is 28.9 Å². The van der Waals surface area contributed by atoms with Crippen molar-refractivity contribution in [1.29, 1.82) is 0 Å². The Balaban J connectivity index is 2.23. The van der Waals surface area contributed by atoms with Crippen LogP contribution < -0.4 is 10.2 Å². The van der Waals surface area contributed by atoms with Crippen molar-refractivity contribution in [3.05, 3.63) is 28.2 Å². The molecule has 0 spiro atoms. The zero-order valence-corrected chi connectivity index (χ0v) is 11.5. The highest BCUT2D eigenvalue weighted by Crippen LogP contribution is 2.26. The Bertz CT molecular complexity index is 365. The van der Waals surface area contributed by atoms with Gasteiger partial charge in [0.05, 0.1) is 0 Å². The van der Waals surface area contributed by atoms with Gasteiger partial charge in [0.15, 0.2) is 0 Å². The van der Waals surface area contributed by atoms with Crippen molar-refractivity contribution >= 4 is 21.6 Å². The summed E-state index contributed by atoms with van der Waals surface area (Å²) in [5.41, 5.74) is 2.64. The second-order valence-corrected chi connectivity index (χ2v) is 5.25. The maximum absolute atomic E-state index is 3.61. The van der Waals surface area contributed by atoms with E-state index in [-0.39, 0.29) is 0 Å². The molecule has 1 aromatic carbocycles. The maximum atomic E-state index is 3.61. The molecular weight excluding hydrogens is 264 g/mol. The van der Waals surface area contributed by atoms with Gasteiger partial charge in [-0.2, -0.15) is 0 Å². The van der Waals surface area contributed by atoms with Crippen LogP contribution in [0.2, 0.25) is 0 Å². The van der Waals surface area contributed by atoms with E-state index in [1.54, 1.807) is 0 Å². The number of benzene rings is 1. The highest BCUT2D eigenvalue weighted by atomic mass is 79.9. The molecular formula is C13H19BrN2. The van der Waals surface area contributed by atoms with Crippen molar-refractivity contribution < 1.29 is 0 Å². The Morgan fingerprint density at radius 2 is 2.31 bits per heavy atom. The summed E-state index contributed by atoms with van der Waals surface area (Å²) in [6.07, 6.45) is 1.19. The molecule has 1 unspecified atom stereocenters. The molecule has 16 heavy (non-hydrogen) atoms. The Labute approximate surface area is 106 Å². The van der Waals surface area contributed by atoms with E-state index in [1.807, 2.05) is 0 Å². The molecule has 1 fully saturated rings. The van der Waals surface area contributed by atoms with Crippen molar-refractivity contribution in [2.75, 3.05) is 24.5 Å². The zero-order valence-electron chi connectivity index (χ0n) is 9.96. The SMILES string of the molecule is CCC1CNCCN1c1ccc(C)c(Br)c1. The van der Waals surface area contributed by atoms with E-state index in [9.17, 15) is 0 Å². The lowest BCUT2D eigenvalue weighted by molar-refractivity contribution is 0.466. The Hall–Kier alpha value is -0.540. The lowest BCUT2D eigenvalue weighted by Gasteiger charge is -2.37. The van der Waals surface area contributed by atoms with E-state index < -0.39 is 0 Å². The highest BCUT2D eigenvalue weighted by Gasteiger charge is 2.20. The number of nitrogens with zero attached hydrogens (tertiary/aromatic N) is 1. The smallest absolute Gasteiger partial charge is 0.0412 e. The van der Waals surface area contributed by atoms with Crippen LogP contribution in [-0.2, 0) is 0 Å². The number of rotatable bonds is 2. The molecule has 2 rings (SSSR count). The molecule has 0 amide bonds. The average Bonchev–Trinajstić information content (AvgIpc) is 2.32. The molecule has 1 aliphatic heterocycles. The summed E-state index contributed by atoms with van der Waals surface area (Å²) in [6, 6.07) is 7.29. The van der Waals surface area contributed by atoms with Gasteiger partial charge in [0.2, 0.25) is 0 Å². The van der Waals surface area contributed by atoms with Crippen LogP contribution >= 0.6 is 15.9 Å². The first kappa shape index (κ1) is 11.9. The Kier molecular flexibility index (Phi) is 3.87. The second kappa shape index (κ2) is 5.19. The van der Waals surface area contributed by atoms with Crippen LogP contribution in [0, 0.1) is 6.92 Å². The van der Waals surface area contributed by atoms with Crippen molar-refractivity contribution in [2.24, 2.45) is 0 Å². The minimum atomic E-state index is 0.628. The first-order chi connectivity index (χ1) is 7.72. The Morgan fingerprint density at radius 1 is 1.50 bits per heavy atom. The molecule has 0 bridgehead atoms. The van der Waals surface area contributed by atoms with Crippen molar-refractivity contribution in [3.8, 4) is 0 Å². The van der Waals surface area contributed by atoms with Crippen LogP contribution in [0.5, 0.6) is 0 Å². The van der Waals surface area contributed by atoms with E-state index in [0.29, 0.717) is 6.04 Å². The van der Waals surface area contributed by atoms with E-state index in [1.165, 1.54) is 22.1 Å². The quantitative estimate of drug-likeness (QED) is 0.897. The predicted molar refractivity (Wildman–Crippen MR) is 73.2 cm³/mol. The largest absolute Gasteiger partial charge is 0.366 e. The van der Waals surface area contributed by atoms with Gasteiger partial charge < -0.3 is 10.2 Å². The monoisotopic (exact) mass is 282 g/mol. The molecule has 1 saturated heterocycles. The minimum Gasteiger partial charge on any atom is -0.366 e. The van der Waals surface area contributed by atoms with Crippen LogP contribution in [-0.4, -0.2) is 25.7 Å². The summed E-state index contributed by atoms with van der Waals surface area (Å²) in [7, 11) is 0. The van der Waals surface area contributed by atoms with Crippen LogP contribution in [0.1, 0.15) is 18.9 Å². The summed E-state index contributed by atoms with van der Waals surface area (Å²) >= 11 is 3.61. The molecule has 0 saturated carbocycles. The van der Waals surface area contributed by atoms with Gasteiger partial charge in [0.1, 0.15) is 0 Å². The summed E-state index contributed by atoms with van der Waals surface area (Å²) in [4.78, 5) is 2.51. The summed E-state index contributed by atoms with van der Waals surface area (Å²) in [6.45, 7) is 7.68. The van der Waals surface area contributed by atoms with Crippen LogP contribution in [0.3, 0.4) is 0 Å². The van der Waals surface area contributed by atoms with E-state index in [0.717, 1.165) is 19.6 Å². The topological polar surface area (TPSA) is 15.3 Å². The molecule has 1 aromatic rings. The third-order valence-corrected chi connectivity index (χ3v) is 4.16. The molecule has 88 valence electrons. The van der Waals surface area contributed by atoms with Gasteiger partial charge >= 0.3 is 0 Å². The van der Waals surface area contributed by atoms with Crippen molar-refractivity contribution in [1.82, 2.24) is 5.32 Å². The third-order valence-electron chi connectivity index (χ3n) is 3.31.